The highest BCUT2D eigenvalue weighted by molar-refractivity contribution is 7.19. The molecule has 1 aliphatic rings. The van der Waals surface area contributed by atoms with Gasteiger partial charge in [0.15, 0.2) is 10.9 Å². The summed E-state index contributed by atoms with van der Waals surface area (Å²) < 4.78 is 19.1. The Morgan fingerprint density at radius 3 is 2.77 bits per heavy atom. The Morgan fingerprint density at radius 2 is 2.03 bits per heavy atom. The lowest BCUT2D eigenvalue weighted by Crippen LogP contribution is -2.38. The maximum atomic E-state index is 13.2. The van der Waals surface area contributed by atoms with E-state index in [-0.39, 0.29) is 30.7 Å². The number of rotatable bonds is 4. The van der Waals surface area contributed by atoms with E-state index < -0.39 is 0 Å². The molecule has 3 heterocycles. The first-order valence-corrected chi connectivity index (χ1v) is 10.6. The number of thiazole rings is 1. The van der Waals surface area contributed by atoms with Crippen molar-refractivity contribution in [3.05, 3.63) is 59.2 Å². The third-order valence-corrected chi connectivity index (χ3v) is 6.26. The van der Waals surface area contributed by atoms with Crippen molar-refractivity contribution < 1.29 is 19.8 Å². The predicted molar refractivity (Wildman–Crippen MR) is 115 cm³/mol. The van der Waals surface area contributed by atoms with Gasteiger partial charge in [0.2, 0.25) is 5.91 Å². The highest BCUT2D eigenvalue weighted by Crippen LogP contribution is 2.34. The molecule has 1 aliphatic heterocycles. The lowest BCUT2D eigenvalue weighted by Gasteiger charge is -2.32. The number of aromatic nitrogens is 1. The Bertz CT molecular complexity index is 1080. The molecule has 30 heavy (non-hydrogen) atoms. The zero-order valence-corrected chi connectivity index (χ0v) is 17.6. The van der Waals surface area contributed by atoms with Gasteiger partial charge in [0.25, 0.3) is 5.91 Å². The molecule has 0 radical (unpaired) electrons. The first-order chi connectivity index (χ1) is 14.4. The third-order valence-electron chi connectivity index (χ3n) is 5.17. The molecule has 1 atom stereocenters. The smallest absolute Gasteiger partial charge is 0.289 e. The van der Waals surface area contributed by atoms with Crippen molar-refractivity contribution >= 4 is 28.3 Å². The van der Waals surface area contributed by atoms with E-state index in [1.165, 1.54) is 30.4 Å². The second kappa shape index (κ2) is 8.39. The molecule has 6 nitrogen and oxygen atoms in total. The van der Waals surface area contributed by atoms with Crippen LogP contribution in [-0.2, 0) is 4.79 Å². The van der Waals surface area contributed by atoms with Crippen LogP contribution in [0.2, 0.25) is 0 Å². The second-order valence-electron chi connectivity index (χ2n) is 7.42. The Morgan fingerprint density at radius 1 is 1.27 bits per heavy atom. The van der Waals surface area contributed by atoms with E-state index in [0.29, 0.717) is 24.0 Å². The largest absolute Gasteiger partial charge is 0.450 e. The van der Waals surface area contributed by atoms with Crippen LogP contribution in [0.15, 0.2) is 40.8 Å². The second-order valence-corrected chi connectivity index (χ2v) is 8.42. The van der Waals surface area contributed by atoms with Crippen LogP contribution in [0.3, 0.4) is 0 Å². The molecular weight excluding hydrogens is 405 g/mol. The number of hydrogen-bond acceptors (Lipinski definition) is 5. The fraction of sp³-hybridized carbons (Fsp3) is 0.318. The van der Waals surface area contributed by atoms with E-state index >= 15 is 0 Å². The van der Waals surface area contributed by atoms with Gasteiger partial charge < -0.3 is 14.6 Å². The number of furan rings is 1. The summed E-state index contributed by atoms with van der Waals surface area (Å²) in [4.78, 5) is 31.2. The van der Waals surface area contributed by atoms with Crippen molar-refractivity contribution in [2.75, 3.05) is 18.4 Å². The van der Waals surface area contributed by atoms with E-state index in [1.54, 1.807) is 29.2 Å². The van der Waals surface area contributed by atoms with Gasteiger partial charge in [-0.1, -0.05) is 23.5 Å². The lowest BCUT2D eigenvalue weighted by molar-refractivity contribution is -0.114. The third kappa shape index (κ3) is 4.28. The van der Waals surface area contributed by atoms with E-state index in [2.05, 4.69) is 10.3 Å². The lowest BCUT2D eigenvalue weighted by atomic mass is 9.90. The minimum Gasteiger partial charge on any atom is -0.450 e. The van der Waals surface area contributed by atoms with Crippen molar-refractivity contribution in [3.63, 3.8) is 0 Å². The Labute approximate surface area is 179 Å². The van der Waals surface area contributed by atoms with Crippen molar-refractivity contribution in [2.45, 2.75) is 32.6 Å². The number of nitrogens with zero attached hydrogens (tertiary/aromatic N) is 2. The summed E-state index contributed by atoms with van der Waals surface area (Å²) in [5.74, 6) is 0.409. The fourth-order valence-electron chi connectivity index (χ4n) is 3.73. The molecule has 2 amide bonds. The number of carbonyl (C=O) groups excluding carboxylic acids is 2. The molecule has 1 N–H and O–H groups in total. The van der Waals surface area contributed by atoms with Gasteiger partial charge in [0, 0.05) is 27.4 Å². The van der Waals surface area contributed by atoms with Crippen LogP contribution in [0.5, 0.6) is 0 Å². The van der Waals surface area contributed by atoms with Crippen molar-refractivity contribution in [3.8, 4) is 10.6 Å². The molecule has 1 aromatic carbocycles. The number of piperidine rings is 1. The van der Waals surface area contributed by atoms with E-state index in [1.807, 2.05) is 6.92 Å². The maximum Gasteiger partial charge on any atom is 0.289 e. The normalized spacial score (nSPS) is 16.5. The number of benzene rings is 1. The van der Waals surface area contributed by atoms with Crippen LogP contribution in [0.4, 0.5) is 9.52 Å². The SMILES string of the molecule is CC(=O)Nc1nc(C)c(-c2ccc(C(=O)N3CCCC(c4ccc(F)cc4)C3)o2)s1.[HH]. The van der Waals surface area contributed by atoms with Gasteiger partial charge in [-0.05, 0) is 49.6 Å². The van der Waals surface area contributed by atoms with Gasteiger partial charge in [0.05, 0.1) is 10.6 Å². The van der Waals surface area contributed by atoms with Gasteiger partial charge in [-0.25, -0.2) is 9.37 Å². The maximum absolute atomic E-state index is 13.2. The summed E-state index contributed by atoms with van der Waals surface area (Å²) in [6, 6.07) is 9.93. The van der Waals surface area contributed by atoms with Gasteiger partial charge in [0.1, 0.15) is 11.6 Å². The van der Waals surface area contributed by atoms with Gasteiger partial charge in [-0.3, -0.25) is 9.59 Å². The van der Waals surface area contributed by atoms with Crippen molar-refractivity contribution in [2.24, 2.45) is 0 Å². The predicted octanol–water partition coefficient (Wildman–Crippen LogP) is 5.07. The number of nitrogens with one attached hydrogen (secondary N) is 1. The molecule has 4 rings (SSSR count). The van der Waals surface area contributed by atoms with Crippen LogP contribution in [0, 0.1) is 12.7 Å². The summed E-state index contributed by atoms with van der Waals surface area (Å²) in [6.07, 6.45) is 1.85. The summed E-state index contributed by atoms with van der Waals surface area (Å²) >= 11 is 1.31. The van der Waals surface area contributed by atoms with Crippen LogP contribution in [0.25, 0.3) is 10.6 Å². The molecule has 1 saturated heterocycles. The van der Waals surface area contributed by atoms with Crippen LogP contribution < -0.4 is 5.32 Å². The Kier molecular flexibility index (Phi) is 5.67. The first kappa shape index (κ1) is 20.3. The number of aryl methyl sites for hydroxylation is 1. The number of halogens is 1. The van der Waals surface area contributed by atoms with E-state index in [0.717, 1.165) is 29.0 Å². The van der Waals surface area contributed by atoms with E-state index in [4.69, 9.17) is 4.42 Å². The molecular formula is C22H24FN3O3S. The van der Waals surface area contributed by atoms with Gasteiger partial charge >= 0.3 is 0 Å². The number of anilines is 1. The zero-order chi connectivity index (χ0) is 21.3. The first-order valence-electron chi connectivity index (χ1n) is 9.80. The highest BCUT2D eigenvalue weighted by atomic mass is 32.1. The Hall–Kier alpha value is -3.00. The van der Waals surface area contributed by atoms with E-state index in [9.17, 15) is 14.0 Å². The average molecular weight is 430 g/mol. The topological polar surface area (TPSA) is 75.4 Å². The van der Waals surface area contributed by atoms with Gasteiger partial charge in [-0.15, -0.1) is 0 Å². The zero-order valence-electron chi connectivity index (χ0n) is 16.8. The molecule has 1 unspecified atom stereocenters. The molecule has 3 aromatic rings. The highest BCUT2D eigenvalue weighted by Gasteiger charge is 2.27. The fourth-order valence-corrected chi connectivity index (χ4v) is 4.70. The van der Waals surface area contributed by atoms with Crippen LogP contribution in [-0.4, -0.2) is 34.8 Å². The summed E-state index contributed by atoms with van der Waals surface area (Å²) in [5, 5.41) is 3.17. The summed E-state index contributed by atoms with van der Waals surface area (Å²) in [7, 11) is 0. The van der Waals surface area contributed by atoms with Gasteiger partial charge in [-0.2, -0.15) is 0 Å². The molecule has 1 fully saturated rings. The number of amides is 2. The molecule has 8 heteroatoms. The molecule has 0 saturated carbocycles. The van der Waals surface area contributed by atoms with Crippen molar-refractivity contribution in [1.82, 2.24) is 9.88 Å². The summed E-state index contributed by atoms with van der Waals surface area (Å²) in [5.41, 5.74) is 1.77. The Balaban J connectivity index is 0.00000272. The molecule has 0 bridgehead atoms. The minimum absolute atomic E-state index is 0. The number of hydrogen-bond donors (Lipinski definition) is 1. The van der Waals surface area contributed by atoms with Crippen LogP contribution >= 0.6 is 11.3 Å². The monoisotopic (exact) mass is 429 g/mol. The molecule has 0 spiro atoms. The van der Waals surface area contributed by atoms with Crippen LogP contribution in [0.1, 0.15) is 48.9 Å². The number of carbonyl (C=O) groups is 2. The quantitative estimate of drug-likeness (QED) is 0.628. The molecule has 0 aliphatic carbocycles. The molecule has 158 valence electrons. The summed E-state index contributed by atoms with van der Waals surface area (Å²) in [6.45, 7) is 4.50. The average Bonchev–Trinajstić information content (AvgIpc) is 3.34. The van der Waals surface area contributed by atoms with Crippen molar-refractivity contribution in [1.29, 1.82) is 0 Å². The minimum atomic E-state index is -0.259. The molecule has 2 aromatic heterocycles. The standard InChI is InChI=1S/C22H22FN3O3S.H2/c1-13-20(30-22(24-13)25-14(2)27)18-9-10-19(29-18)21(28)26-11-3-4-16(12-26)15-5-7-17(23)8-6-15;/h5-10,16H,3-4,11-12H2,1-2H3,(H,24,25,27);1H. The number of likely N-dealkylation sites (tertiary alicyclic amines) is 1.